The Morgan fingerprint density at radius 2 is 1.76 bits per heavy atom. The summed E-state index contributed by atoms with van der Waals surface area (Å²) >= 11 is 3.20. The summed E-state index contributed by atoms with van der Waals surface area (Å²) in [6, 6.07) is 27.3. The van der Waals surface area contributed by atoms with Crippen LogP contribution in [-0.4, -0.2) is 17.1 Å². The Morgan fingerprint density at radius 1 is 0.931 bits per heavy atom. The van der Waals surface area contributed by atoms with Gasteiger partial charge >= 0.3 is 0 Å². The average Bonchev–Trinajstić information content (AvgIpc) is 3.22. The fourth-order valence-corrected chi connectivity index (χ4v) is 4.58. The Kier molecular flexibility index (Phi) is 6.14. The van der Waals surface area contributed by atoms with E-state index in [0.717, 1.165) is 25.2 Å². The van der Waals surface area contributed by atoms with Crippen LogP contribution in [0.2, 0.25) is 0 Å². The van der Waals surface area contributed by atoms with E-state index in [4.69, 9.17) is 0 Å². The van der Waals surface area contributed by atoms with Crippen LogP contribution < -0.4 is 5.43 Å². The smallest absolute Gasteiger partial charge is 0.267 e. The molecule has 29 heavy (non-hydrogen) atoms. The van der Waals surface area contributed by atoms with Gasteiger partial charge in [-0.25, -0.2) is 10.4 Å². The largest absolute Gasteiger partial charge is 0.271 e. The van der Waals surface area contributed by atoms with Gasteiger partial charge in [0.15, 0.2) is 0 Å². The van der Waals surface area contributed by atoms with Crippen molar-refractivity contribution in [3.8, 4) is 11.1 Å². The third-order valence-corrected chi connectivity index (χ3v) is 6.14. The Labute approximate surface area is 177 Å². The number of carbonyl (C=O) groups is 1. The molecule has 6 heteroatoms. The van der Waals surface area contributed by atoms with Gasteiger partial charge < -0.3 is 0 Å². The molecule has 0 bridgehead atoms. The third kappa shape index (κ3) is 5.19. The molecule has 0 radical (unpaired) electrons. The van der Waals surface area contributed by atoms with Crippen LogP contribution in [-0.2, 0) is 0 Å². The average molecular weight is 416 g/mol. The lowest BCUT2D eigenvalue weighted by molar-refractivity contribution is 0.0955. The molecular formula is C23H17N3OS2. The molecule has 0 aliphatic heterocycles. The molecule has 2 heterocycles. The molecule has 0 unspecified atom stereocenters. The Balaban J connectivity index is 1.38. The lowest BCUT2D eigenvalue weighted by Gasteiger charge is -2.04. The second kappa shape index (κ2) is 9.32. The van der Waals surface area contributed by atoms with E-state index in [2.05, 4.69) is 15.5 Å². The number of hydrazone groups is 1. The van der Waals surface area contributed by atoms with Crippen molar-refractivity contribution in [2.24, 2.45) is 5.10 Å². The summed E-state index contributed by atoms with van der Waals surface area (Å²) in [5.74, 6) is -0.237. The summed E-state index contributed by atoms with van der Waals surface area (Å²) in [5, 5.41) is 5.05. The van der Waals surface area contributed by atoms with Crippen molar-refractivity contribution in [1.29, 1.82) is 0 Å². The number of benzene rings is 2. The van der Waals surface area contributed by atoms with Gasteiger partial charge in [-0.3, -0.25) is 4.79 Å². The van der Waals surface area contributed by atoms with E-state index in [0.29, 0.717) is 5.56 Å². The molecule has 0 aliphatic rings. The van der Waals surface area contributed by atoms with Crippen molar-refractivity contribution < 1.29 is 4.79 Å². The molecule has 0 aliphatic carbocycles. The lowest BCUT2D eigenvalue weighted by Crippen LogP contribution is -2.17. The molecule has 0 saturated heterocycles. The third-order valence-electron chi connectivity index (χ3n) is 4.03. The van der Waals surface area contributed by atoms with Crippen LogP contribution >= 0.6 is 23.1 Å². The van der Waals surface area contributed by atoms with Crippen molar-refractivity contribution >= 4 is 35.2 Å². The number of rotatable bonds is 6. The molecule has 2 aromatic carbocycles. The van der Waals surface area contributed by atoms with Crippen LogP contribution in [0.4, 0.5) is 0 Å². The maximum Gasteiger partial charge on any atom is 0.271 e. The predicted molar refractivity (Wildman–Crippen MR) is 120 cm³/mol. The van der Waals surface area contributed by atoms with Crippen molar-refractivity contribution in [3.63, 3.8) is 0 Å². The first-order chi connectivity index (χ1) is 14.3. The number of thiophene rings is 1. The van der Waals surface area contributed by atoms with Gasteiger partial charge in [0.2, 0.25) is 0 Å². The first-order valence-corrected chi connectivity index (χ1v) is 10.6. The number of hydrogen-bond donors (Lipinski definition) is 1. The number of nitrogens with one attached hydrogen (secondary N) is 1. The van der Waals surface area contributed by atoms with E-state index in [1.165, 1.54) is 0 Å². The van der Waals surface area contributed by atoms with Crippen molar-refractivity contribution in [2.45, 2.75) is 9.24 Å². The number of carbonyl (C=O) groups excluding carboxylic acids is 1. The zero-order chi connectivity index (χ0) is 19.9. The van der Waals surface area contributed by atoms with Gasteiger partial charge in [-0.1, -0.05) is 60.3 Å². The number of hydrogen-bond acceptors (Lipinski definition) is 5. The first kappa shape index (κ1) is 19.1. The molecule has 1 N–H and O–H groups in total. The monoisotopic (exact) mass is 415 g/mol. The van der Waals surface area contributed by atoms with Gasteiger partial charge in [0.25, 0.3) is 5.91 Å². The molecule has 0 saturated carbocycles. The van der Waals surface area contributed by atoms with E-state index in [1.807, 2.05) is 78.9 Å². The highest BCUT2D eigenvalue weighted by atomic mass is 32.2. The SMILES string of the molecule is O=C(N/N=C/c1ccc(Sc2ccccn2)s1)c1cccc(-c2ccccc2)c1. The zero-order valence-electron chi connectivity index (χ0n) is 15.4. The normalized spacial score (nSPS) is 10.9. The summed E-state index contributed by atoms with van der Waals surface area (Å²) < 4.78 is 1.12. The minimum Gasteiger partial charge on any atom is -0.267 e. The summed E-state index contributed by atoms with van der Waals surface area (Å²) in [5.41, 5.74) is 5.24. The molecule has 4 nitrogen and oxygen atoms in total. The minimum atomic E-state index is -0.237. The highest BCUT2D eigenvalue weighted by Crippen LogP contribution is 2.31. The quantitative estimate of drug-likeness (QED) is 0.323. The molecule has 0 atom stereocenters. The summed E-state index contributed by atoms with van der Waals surface area (Å²) in [6.45, 7) is 0. The van der Waals surface area contributed by atoms with Gasteiger partial charge in [-0.2, -0.15) is 5.10 Å². The molecule has 0 fully saturated rings. The predicted octanol–water partition coefficient (Wildman–Crippen LogP) is 5.73. The van der Waals surface area contributed by atoms with Gasteiger partial charge in [-0.05, 0) is 47.5 Å². The maximum absolute atomic E-state index is 12.4. The molecule has 142 valence electrons. The molecule has 4 rings (SSSR count). The molecule has 0 spiro atoms. The highest BCUT2D eigenvalue weighted by Gasteiger charge is 2.06. The summed E-state index contributed by atoms with van der Waals surface area (Å²) in [4.78, 5) is 17.7. The second-order valence-electron chi connectivity index (χ2n) is 6.07. The Hall–Kier alpha value is -3.22. The summed E-state index contributed by atoms with van der Waals surface area (Å²) in [7, 11) is 0. The number of amides is 1. The topological polar surface area (TPSA) is 54.4 Å². The Morgan fingerprint density at radius 3 is 2.59 bits per heavy atom. The fraction of sp³-hybridized carbons (Fsp3) is 0. The van der Waals surface area contributed by atoms with E-state index in [-0.39, 0.29) is 5.91 Å². The highest BCUT2D eigenvalue weighted by molar-refractivity contribution is 8.01. The van der Waals surface area contributed by atoms with Crippen LogP contribution in [0.5, 0.6) is 0 Å². The number of pyridine rings is 1. The lowest BCUT2D eigenvalue weighted by atomic mass is 10.0. The van der Waals surface area contributed by atoms with Crippen LogP contribution in [0, 0.1) is 0 Å². The van der Waals surface area contributed by atoms with Gasteiger partial charge in [0, 0.05) is 16.6 Å². The van der Waals surface area contributed by atoms with Crippen LogP contribution in [0.15, 0.2) is 105 Å². The zero-order valence-corrected chi connectivity index (χ0v) is 17.0. The van der Waals surface area contributed by atoms with Crippen molar-refractivity contribution in [3.05, 3.63) is 102 Å². The van der Waals surface area contributed by atoms with Crippen LogP contribution in [0.1, 0.15) is 15.2 Å². The van der Waals surface area contributed by atoms with Gasteiger partial charge in [0.1, 0.15) is 5.03 Å². The van der Waals surface area contributed by atoms with E-state index in [9.17, 15) is 4.79 Å². The van der Waals surface area contributed by atoms with Gasteiger partial charge in [0.05, 0.1) is 10.4 Å². The van der Waals surface area contributed by atoms with E-state index >= 15 is 0 Å². The standard InChI is InChI=1S/C23H17N3OS2/c27-23(19-10-6-9-18(15-19)17-7-2-1-3-8-17)26-25-16-20-12-13-22(28-20)29-21-11-4-5-14-24-21/h1-16H,(H,26,27)/b25-16+. The van der Waals surface area contributed by atoms with Crippen molar-refractivity contribution in [1.82, 2.24) is 10.4 Å². The second-order valence-corrected chi connectivity index (χ2v) is 8.51. The Bertz CT molecular complexity index is 1130. The van der Waals surface area contributed by atoms with Crippen LogP contribution in [0.3, 0.4) is 0 Å². The number of nitrogens with zero attached hydrogens (tertiary/aromatic N) is 2. The molecular weight excluding hydrogens is 398 g/mol. The van der Waals surface area contributed by atoms with Crippen molar-refractivity contribution in [2.75, 3.05) is 0 Å². The van der Waals surface area contributed by atoms with Crippen LogP contribution in [0.25, 0.3) is 11.1 Å². The molecule has 4 aromatic rings. The van der Waals surface area contributed by atoms with E-state index < -0.39 is 0 Å². The fourth-order valence-electron chi connectivity index (χ4n) is 2.66. The van der Waals surface area contributed by atoms with E-state index in [1.54, 1.807) is 41.6 Å². The first-order valence-electron chi connectivity index (χ1n) is 8.95. The molecule has 1 amide bonds. The number of aromatic nitrogens is 1. The van der Waals surface area contributed by atoms with Gasteiger partial charge in [-0.15, -0.1) is 11.3 Å². The summed E-state index contributed by atoms with van der Waals surface area (Å²) in [6.07, 6.45) is 3.44. The minimum absolute atomic E-state index is 0.237. The maximum atomic E-state index is 12.4. The molecule has 2 aromatic heterocycles.